The maximum Gasteiger partial charge on any atom is 0.122 e. The van der Waals surface area contributed by atoms with E-state index in [1.165, 1.54) is 16.7 Å². The highest BCUT2D eigenvalue weighted by molar-refractivity contribution is 5.57. The summed E-state index contributed by atoms with van der Waals surface area (Å²) in [6.07, 6.45) is 8.81. The molecule has 2 aromatic carbocycles. The summed E-state index contributed by atoms with van der Waals surface area (Å²) in [4.78, 5) is 0. The van der Waals surface area contributed by atoms with Gasteiger partial charge in [-0.3, -0.25) is 0 Å². The minimum Gasteiger partial charge on any atom is -0.493 e. The fraction of sp³-hybridized carbons (Fsp3) is 0.517. The zero-order valence-corrected chi connectivity index (χ0v) is 20.6. The van der Waals surface area contributed by atoms with Crippen LogP contribution in [0.15, 0.2) is 42.5 Å². The maximum absolute atomic E-state index is 10.4. The quantitative estimate of drug-likeness (QED) is 0.432. The van der Waals surface area contributed by atoms with Gasteiger partial charge in [-0.1, -0.05) is 56.3 Å². The third kappa shape index (κ3) is 5.51. The van der Waals surface area contributed by atoms with Crippen molar-refractivity contribution in [2.75, 3.05) is 19.8 Å². The van der Waals surface area contributed by atoms with Gasteiger partial charge in [-0.15, -0.1) is 0 Å². The molecule has 0 aromatic heterocycles. The molecule has 33 heavy (non-hydrogen) atoms. The summed E-state index contributed by atoms with van der Waals surface area (Å²) in [7, 11) is 0. The summed E-state index contributed by atoms with van der Waals surface area (Å²) in [5.74, 6) is 0.521. The van der Waals surface area contributed by atoms with Gasteiger partial charge in [0.25, 0.3) is 0 Å². The van der Waals surface area contributed by atoms with Crippen LogP contribution in [-0.4, -0.2) is 40.7 Å². The molecule has 0 heterocycles. The number of rotatable bonds is 11. The fourth-order valence-corrected chi connectivity index (χ4v) is 4.82. The van der Waals surface area contributed by atoms with Gasteiger partial charge in [0.1, 0.15) is 5.75 Å². The Kier molecular flexibility index (Phi) is 8.38. The topological polar surface area (TPSA) is 69.9 Å². The van der Waals surface area contributed by atoms with Crippen LogP contribution in [-0.2, 0) is 5.41 Å². The number of hydrogen-bond acceptors (Lipinski definition) is 4. The van der Waals surface area contributed by atoms with E-state index in [0.29, 0.717) is 6.61 Å². The number of aryl methyl sites for hydroxylation is 2. The van der Waals surface area contributed by atoms with Crippen LogP contribution in [0.25, 0.3) is 6.08 Å². The third-order valence-corrected chi connectivity index (χ3v) is 7.54. The monoisotopic (exact) mass is 452 g/mol. The molecule has 0 amide bonds. The Balaban J connectivity index is 1.87. The summed E-state index contributed by atoms with van der Waals surface area (Å²) < 4.78 is 5.88. The number of hydrogen-bond donors (Lipinski definition) is 3. The van der Waals surface area contributed by atoms with Crippen molar-refractivity contribution in [3.05, 3.63) is 70.3 Å². The Labute approximate surface area is 198 Å². The lowest BCUT2D eigenvalue weighted by atomic mass is 9.70. The zero-order chi connectivity index (χ0) is 24.1. The van der Waals surface area contributed by atoms with Crippen LogP contribution in [0.3, 0.4) is 0 Å². The van der Waals surface area contributed by atoms with E-state index in [0.717, 1.165) is 49.0 Å². The van der Waals surface area contributed by atoms with E-state index in [-0.39, 0.29) is 24.5 Å². The summed E-state index contributed by atoms with van der Waals surface area (Å²) >= 11 is 0. The molecule has 3 N–H and O–H groups in total. The molecule has 0 bridgehead atoms. The van der Waals surface area contributed by atoms with Gasteiger partial charge < -0.3 is 20.1 Å². The van der Waals surface area contributed by atoms with Crippen molar-refractivity contribution in [3.63, 3.8) is 0 Å². The molecule has 4 heteroatoms. The number of benzene rings is 2. The van der Waals surface area contributed by atoms with Gasteiger partial charge in [0, 0.05) is 11.3 Å². The van der Waals surface area contributed by atoms with Crippen LogP contribution in [0.5, 0.6) is 5.75 Å². The third-order valence-electron chi connectivity index (χ3n) is 7.54. The Morgan fingerprint density at radius 3 is 2.06 bits per heavy atom. The van der Waals surface area contributed by atoms with E-state index in [1.807, 2.05) is 19.1 Å². The van der Waals surface area contributed by atoms with Gasteiger partial charge in [0.05, 0.1) is 25.4 Å². The van der Waals surface area contributed by atoms with Gasteiger partial charge in [-0.25, -0.2) is 0 Å². The van der Waals surface area contributed by atoms with Crippen molar-refractivity contribution >= 4 is 6.08 Å². The molecule has 2 aromatic rings. The molecule has 1 aliphatic rings. The zero-order valence-electron chi connectivity index (χ0n) is 20.6. The lowest BCUT2D eigenvalue weighted by Crippen LogP contribution is -2.33. The predicted octanol–water partition coefficient (Wildman–Crippen LogP) is 5.32. The van der Waals surface area contributed by atoms with Gasteiger partial charge in [0.15, 0.2) is 0 Å². The number of ether oxygens (including phenoxy) is 1. The van der Waals surface area contributed by atoms with Crippen LogP contribution >= 0.6 is 0 Å². The first kappa shape index (κ1) is 25.5. The standard InChI is InChI=1S/C29H40O4/c1-5-29(6-2,26-10-11-27(22(4)17-26)33-20-23(18-30)19-31)25-9-8-24(21(3)16-25)12-15-28(32)13-7-14-28/h8-12,15-17,23,30-32H,5-7,13-14,18-20H2,1-4H3. The second kappa shape index (κ2) is 10.9. The molecular weight excluding hydrogens is 412 g/mol. The minimum absolute atomic E-state index is 0.0910. The molecule has 0 atom stereocenters. The van der Waals surface area contributed by atoms with E-state index < -0.39 is 5.60 Å². The van der Waals surface area contributed by atoms with Crippen LogP contribution in [0.1, 0.15) is 73.8 Å². The largest absolute Gasteiger partial charge is 0.493 e. The Morgan fingerprint density at radius 1 is 0.970 bits per heavy atom. The molecule has 1 fully saturated rings. The molecule has 0 spiro atoms. The van der Waals surface area contributed by atoms with Crippen LogP contribution < -0.4 is 4.74 Å². The lowest BCUT2D eigenvalue weighted by Gasteiger charge is -2.34. The molecule has 0 unspecified atom stereocenters. The van der Waals surface area contributed by atoms with E-state index in [9.17, 15) is 15.3 Å². The number of aliphatic hydroxyl groups is 3. The van der Waals surface area contributed by atoms with E-state index in [2.05, 4.69) is 57.2 Å². The van der Waals surface area contributed by atoms with Crippen molar-refractivity contribution in [3.8, 4) is 5.75 Å². The molecule has 180 valence electrons. The molecule has 3 rings (SSSR count). The SMILES string of the molecule is CCC(CC)(c1ccc(C=CC2(O)CCC2)c(C)c1)c1ccc(OCC(CO)CO)c(C)c1. The van der Waals surface area contributed by atoms with Crippen molar-refractivity contribution in [1.82, 2.24) is 0 Å². The van der Waals surface area contributed by atoms with Gasteiger partial charge in [0.2, 0.25) is 0 Å². The van der Waals surface area contributed by atoms with Crippen molar-refractivity contribution in [2.24, 2.45) is 5.92 Å². The summed E-state index contributed by atoms with van der Waals surface area (Å²) in [5, 5.41) is 29.0. The average Bonchev–Trinajstić information content (AvgIpc) is 2.80. The molecule has 0 radical (unpaired) electrons. The van der Waals surface area contributed by atoms with E-state index in [4.69, 9.17) is 4.74 Å². The molecule has 0 aliphatic heterocycles. The van der Waals surface area contributed by atoms with Gasteiger partial charge >= 0.3 is 0 Å². The fourth-order valence-electron chi connectivity index (χ4n) is 4.82. The van der Waals surface area contributed by atoms with Gasteiger partial charge in [-0.05, 0) is 79.8 Å². The average molecular weight is 453 g/mol. The number of aliphatic hydroxyl groups excluding tert-OH is 2. The van der Waals surface area contributed by atoms with Crippen LogP contribution in [0.2, 0.25) is 0 Å². The van der Waals surface area contributed by atoms with E-state index >= 15 is 0 Å². The van der Waals surface area contributed by atoms with Gasteiger partial charge in [-0.2, -0.15) is 0 Å². The highest BCUT2D eigenvalue weighted by Gasteiger charge is 2.32. The summed E-state index contributed by atoms with van der Waals surface area (Å²) in [6, 6.07) is 13.1. The molecule has 0 saturated heterocycles. The molecule has 1 saturated carbocycles. The molecular formula is C29H40O4. The van der Waals surface area contributed by atoms with Crippen LogP contribution in [0.4, 0.5) is 0 Å². The predicted molar refractivity (Wildman–Crippen MR) is 135 cm³/mol. The molecule has 4 nitrogen and oxygen atoms in total. The first-order chi connectivity index (χ1) is 15.8. The minimum atomic E-state index is -0.614. The summed E-state index contributed by atoms with van der Waals surface area (Å²) in [5.41, 5.74) is 5.29. The normalized spacial score (nSPS) is 15.8. The maximum atomic E-state index is 10.4. The first-order valence-electron chi connectivity index (χ1n) is 12.3. The summed E-state index contributed by atoms with van der Waals surface area (Å²) in [6.45, 7) is 8.79. The lowest BCUT2D eigenvalue weighted by molar-refractivity contribution is 0.0150. The first-order valence-corrected chi connectivity index (χ1v) is 12.3. The highest BCUT2D eigenvalue weighted by atomic mass is 16.5. The smallest absolute Gasteiger partial charge is 0.122 e. The molecule has 1 aliphatic carbocycles. The Bertz CT molecular complexity index is 950. The second-order valence-corrected chi connectivity index (χ2v) is 9.67. The Morgan fingerprint density at radius 2 is 1.58 bits per heavy atom. The van der Waals surface area contributed by atoms with Crippen molar-refractivity contribution in [2.45, 2.75) is 70.8 Å². The Hall–Kier alpha value is -2.14. The van der Waals surface area contributed by atoms with Crippen molar-refractivity contribution < 1.29 is 20.1 Å². The highest BCUT2D eigenvalue weighted by Crippen LogP contribution is 2.41. The van der Waals surface area contributed by atoms with Crippen molar-refractivity contribution in [1.29, 1.82) is 0 Å². The second-order valence-electron chi connectivity index (χ2n) is 9.67. The van der Waals surface area contributed by atoms with E-state index in [1.54, 1.807) is 0 Å². The van der Waals surface area contributed by atoms with Crippen LogP contribution in [0, 0.1) is 19.8 Å².